The van der Waals surface area contributed by atoms with Crippen LogP contribution in [0.15, 0.2) is 40.9 Å². The van der Waals surface area contributed by atoms with Crippen molar-refractivity contribution in [2.75, 3.05) is 6.54 Å². The van der Waals surface area contributed by atoms with E-state index in [2.05, 4.69) is 10.3 Å². The van der Waals surface area contributed by atoms with Gasteiger partial charge >= 0.3 is 5.97 Å². The first-order valence-electron chi connectivity index (χ1n) is 8.01. The lowest BCUT2D eigenvalue weighted by Gasteiger charge is -2.08. The predicted molar refractivity (Wildman–Crippen MR) is 89.1 cm³/mol. The molecule has 2 rings (SSSR count). The summed E-state index contributed by atoms with van der Waals surface area (Å²) in [6, 6.07) is 9.66. The van der Waals surface area contributed by atoms with Gasteiger partial charge in [-0.1, -0.05) is 30.3 Å². The Balaban J connectivity index is 1.71. The summed E-state index contributed by atoms with van der Waals surface area (Å²) in [4.78, 5) is 27.3. The molecule has 0 aliphatic carbocycles. The molecule has 0 saturated heterocycles. The molecule has 6 heteroatoms. The number of rotatable bonds is 8. The fourth-order valence-corrected chi connectivity index (χ4v) is 2.10. The highest BCUT2D eigenvalue weighted by Gasteiger charge is 2.10. The van der Waals surface area contributed by atoms with E-state index in [4.69, 9.17) is 9.15 Å². The van der Waals surface area contributed by atoms with Crippen molar-refractivity contribution in [2.24, 2.45) is 0 Å². The molecule has 1 aromatic carbocycles. The van der Waals surface area contributed by atoms with Gasteiger partial charge in [-0.25, -0.2) is 4.98 Å². The summed E-state index contributed by atoms with van der Waals surface area (Å²) in [5.41, 5.74) is 0.948. The maximum absolute atomic E-state index is 11.8. The maximum Gasteiger partial charge on any atom is 0.307 e. The predicted octanol–water partition coefficient (Wildman–Crippen LogP) is 2.73. The van der Waals surface area contributed by atoms with Gasteiger partial charge in [-0.2, -0.15) is 0 Å². The molecule has 0 unspecified atom stereocenters. The molecule has 1 N–H and O–H groups in total. The largest absolute Gasteiger partial charge is 0.463 e. The van der Waals surface area contributed by atoms with Crippen LogP contribution in [0.1, 0.15) is 32.6 Å². The number of aryl methyl sites for hydroxylation is 1. The second-order valence-corrected chi connectivity index (χ2v) is 5.62. The Kier molecular flexibility index (Phi) is 6.54. The molecule has 24 heavy (non-hydrogen) atoms. The van der Waals surface area contributed by atoms with Gasteiger partial charge in [0.15, 0.2) is 11.7 Å². The van der Waals surface area contributed by atoms with Gasteiger partial charge in [0.05, 0.1) is 18.7 Å². The van der Waals surface area contributed by atoms with E-state index in [1.807, 2.05) is 30.3 Å². The SMILES string of the molecule is CC(C)OC(=O)CCNC(=O)CCc1ncc(-c2ccccc2)o1. The fraction of sp³-hybridized carbons (Fsp3) is 0.389. The number of nitrogens with zero attached hydrogens (tertiary/aromatic N) is 1. The second kappa shape index (κ2) is 8.86. The van der Waals surface area contributed by atoms with Gasteiger partial charge in [0.25, 0.3) is 0 Å². The highest BCUT2D eigenvalue weighted by atomic mass is 16.5. The highest BCUT2D eigenvalue weighted by molar-refractivity contribution is 5.77. The van der Waals surface area contributed by atoms with Crippen LogP contribution in [0.2, 0.25) is 0 Å². The smallest absolute Gasteiger partial charge is 0.307 e. The number of esters is 1. The zero-order valence-electron chi connectivity index (χ0n) is 14.0. The normalized spacial score (nSPS) is 10.6. The molecule has 0 aliphatic rings. The Labute approximate surface area is 141 Å². The Morgan fingerprint density at radius 3 is 2.67 bits per heavy atom. The van der Waals surface area contributed by atoms with Gasteiger partial charge in [-0.15, -0.1) is 0 Å². The molecular formula is C18H22N2O4. The van der Waals surface area contributed by atoms with Crippen LogP contribution in [0.3, 0.4) is 0 Å². The highest BCUT2D eigenvalue weighted by Crippen LogP contribution is 2.20. The van der Waals surface area contributed by atoms with E-state index in [1.165, 1.54) is 0 Å². The first-order valence-corrected chi connectivity index (χ1v) is 8.01. The van der Waals surface area contributed by atoms with Gasteiger partial charge in [0, 0.05) is 24.9 Å². The van der Waals surface area contributed by atoms with Gasteiger partial charge in [0.1, 0.15) is 0 Å². The number of nitrogens with one attached hydrogen (secondary N) is 1. The summed E-state index contributed by atoms with van der Waals surface area (Å²) in [6.07, 6.45) is 2.35. The molecule has 6 nitrogen and oxygen atoms in total. The van der Waals surface area contributed by atoms with E-state index in [0.717, 1.165) is 5.56 Å². The summed E-state index contributed by atoms with van der Waals surface area (Å²) < 4.78 is 10.6. The number of benzene rings is 1. The number of aromatic nitrogens is 1. The van der Waals surface area contributed by atoms with Crippen LogP contribution in [-0.2, 0) is 20.7 Å². The lowest BCUT2D eigenvalue weighted by molar-refractivity contribution is -0.147. The van der Waals surface area contributed by atoms with Crippen molar-refractivity contribution in [3.8, 4) is 11.3 Å². The van der Waals surface area contributed by atoms with E-state index in [9.17, 15) is 9.59 Å². The van der Waals surface area contributed by atoms with Gasteiger partial charge in [0.2, 0.25) is 5.91 Å². The molecule has 0 radical (unpaired) electrons. The summed E-state index contributed by atoms with van der Waals surface area (Å²) in [5, 5.41) is 2.69. The molecule has 0 bridgehead atoms. The number of hydrogen-bond acceptors (Lipinski definition) is 5. The Bertz CT molecular complexity index is 665. The minimum Gasteiger partial charge on any atom is -0.463 e. The second-order valence-electron chi connectivity index (χ2n) is 5.62. The topological polar surface area (TPSA) is 81.4 Å². The molecule has 0 saturated carbocycles. The summed E-state index contributed by atoms with van der Waals surface area (Å²) in [6.45, 7) is 3.85. The molecule has 1 heterocycles. The minimum absolute atomic E-state index is 0.142. The number of carbonyl (C=O) groups excluding carboxylic acids is 2. The quantitative estimate of drug-likeness (QED) is 0.753. The zero-order chi connectivity index (χ0) is 17.4. The standard InChI is InChI=1S/C18H22N2O4/c1-13(2)23-18(22)10-11-19-16(21)8-9-17-20-12-15(24-17)14-6-4-3-5-7-14/h3-7,12-13H,8-11H2,1-2H3,(H,19,21). The third kappa shape index (κ3) is 5.87. The zero-order valence-corrected chi connectivity index (χ0v) is 14.0. The monoisotopic (exact) mass is 330 g/mol. The number of hydrogen-bond donors (Lipinski definition) is 1. The number of amides is 1. The van der Waals surface area contributed by atoms with Crippen LogP contribution in [0.25, 0.3) is 11.3 Å². The first-order chi connectivity index (χ1) is 11.5. The van der Waals surface area contributed by atoms with Crippen molar-refractivity contribution in [2.45, 2.75) is 39.2 Å². The molecule has 1 aromatic heterocycles. The first kappa shape index (κ1) is 17.7. The molecule has 0 aliphatic heterocycles. The third-order valence-electron chi connectivity index (χ3n) is 3.20. The maximum atomic E-state index is 11.8. The van der Waals surface area contributed by atoms with Crippen LogP contribution in [0.5, 0.6) is 0 Å². The van der Waals surface area contributed by atoms with Crippen LogP contribution in [0, 0.1) is 0 Å². The van der Waals surface area contributed by atoms with E-state index in [0.29, 0.717) is 18.1 Å². The minimum atomic E-state index is -0.314. The average molecular weight is 330 g/mol. The molecule has 0 spiro atoms. The van der Waals surface area contributed by atoms with Crippen LogP contribution < -0.4 is 5.32 Å². The van der Waals surface area contributed by atoms with Gasteiger partial charge in [-0.05, 0) is 13.8 Å². The third-order valence-corrected chi connectivity index (χ3v) is 3.20. The molecule has 128 valence electrons. The molecule has 0 fully saturated rings. The summed E-state index contributed by atoms with van der Waals surface area (Å²) in [5.74, 6) is 0.739. The number of carbonyl (C=O) groups is 2. The van der Waals surface area contributed by atoms with Gasteiger partial charge in [-0.3, -0.25) is 9.59 Å². The average Bonchev–Trinajstić information content (AvgIpc) is 3.02. The van der Waals surface area contributed by atoms with Crippen LogP contribution in [0.4, 0.5) is 0 Å². The van der Waals surface area contributed by atoms with Crippen molar-refractivity contribution in [1.29, 1.82) is 0 Å². The Morgan fingerprint density at radius 1 is 1.21 bits per heavy atom. The number of ether oxygens (including phenoxy) is 1. The van der Waals surface area contributed by atoms with Crippen molar-refractivity contribution in [3.63, 3.8) is 0 Å². The van der Waals surface area contributed by atoms with Gasteiger partial charge < -0.3 is 14.5 Å². The fourth-order valence-electron chi connectivity index (χ4n) is 2.10. The lowest BCUT2D eigenvalue weighted by Crippen LogP contribution is -2.27. The van der Waals surface area contributed by atoms with Crippen LogP contribution >= 0.6 is 0 Å². The van der Waals surface area contributed by atoms with E-state index in [1.54, 1.807) is 20.0 Å². The summed E-state index contributed by atoms with van der Waals surface area (Å²) >= 11 is 0. The molecule has 1 amide bonds. The van der Waals surface area contributed by atoms with E-state index in [-0.39, 0.29) is 37.4 Å². The Hall–Kier alpha value is -2.63. The van der Waals surface area contributed by atoms with Crippen molar-refractivity contribution < 1.29 is 18.7 Å². The number of oxazole rings is 1. The van der Waals surface area contributed by atoms with Crippen molar-refractivity contribution in [3.05, 3.63) is 42.4 Å². The van der Waals surface area contributed by atoms with E-state index >= 15 is 0 Å². The van der Waals surface area contributed by atoms with Crippen molar-refractivity contribution >= 4 is 11.9 Å². The van der Waals surface area contributed by atoms with Crippen molar-refractivity contribution in [1.82, 2.24) is 10.3 Å². The van der Waals surface area contributed by atoms with Crippen LogP contribution in [-0.4, -0.2) is 29.5 Å². The summed E-state index contributed by atoms with van der Waals surface area (Å²) in [7, 11) is 0. The van der Waals surface area contributed by atoms with E-state index < -0.39 is 0 Å². The Morgan fingerprint density at radius 2 is 1.96 bits per heavy atom. The molecule has 0 atom stereocenters. The lowest BCUT2D eigenvalue weighted by atomic mass is 10.2. The molecular weight excluding hydrogens is 308 g/mol. The molecule has 2 aromatic rings.